The van der Waals surface area contributed by atoms with Crippen LogP contribution in [0.5, 0.6) is 5.75 Å². The molecule has 4 nitrogen and oxygen atoms in total. The average molecular weight is 244 g/mol. The van der Waals surface area contributed by atoms with Crippen molar-refractivity contribution < 1.29 is 28.2 Å². The zero-order valence-electron chi connectivity index (χ0n) is 9.00. The highest BCUT2D eigenvalue weighted by Gasteiger charge is 2.19. The Labute approximate surface area is 95.8 Å². The number of esters is 1. The number of benzene rings is 1. The maximum absolute atomic E-state index is 12.9. The van der Waals surface area contributed by atoms with Gasteiger partial charge in [-0.2, -0.15) is 0 Å². The van der Waals surface area contributed by atoms with Crippen LogP contribution in [0, 0.1) is 11.6 Å². The lowest BCUT2D eigenvalue weighted by molar-refractivity contribution is -0.141. The molecule has 0 bridgehead atoms. The molecule has 0 unspecified atom stereocenters. The van der Waals surface area contributed by atoms with Crippen LogP contribution in [0.1, 0.15) is 23.7 Å². The van der Waals surface area contributed by atoms with Crippen molar-refractivity contribution >= 4 is 11.8 Å². The van der Waals surface area contributed by atoms with E-state index in [0.717, 1.165) is 0 Å². The minimum absolute atomic E-state index is 0.0929. The summed E-state index contributed by atoms with van der Waals surface area (Å²) in [4.78, 5) is 22.5. The van der Waals surface area contributed by atoms with Crippen LogP contribution in [0.25, 0.3) is 0 Å². The molecule has 92 valence electrons. The number of Topliss-reactive ketones (excluding diaryl/α,β-unsaturated/α-hetero) is 1. The van der Waals surface area contributed by atoms with Crippen LogP contribution in [-0.4, -0.2) is 23.5 Å². The maximum atomic E-state index is 12.9. The minimum atomic E-state index is -1.25. The number of hydrogen-bond donors (Lipinski definition) is 1. The Bertz CT molecular complexity index is 457. The van der Waals surface area contributed by atoms with Gasteiger partial charge in [-0.25, -0.2) is 8.78 Å². The summed E-state index contributed by atoms with van der Waals surface area (Å²) in [5.41, 5.74) is -0.574. The van der Waals surface area contributed by atoms with Gasteiger partial charge in [-0.15, -0.1) is 0 Å². The highest BCUT2D eigenvalue weighted by Crippen LogP contribution is 2.23. The van der Waals surface area contributed by atoms with Crippen LogP contribution in [0.3, 0.4) is 0 Å². The first-order chi connectivity index (χ1) is 7.95. The van der Waals surface area contributed by atoms with Crippen LogP contribution in [0.2, 0.25) is 0 Å². The monoisotopic (exact) mass is 244 g/mol. The molecule has 1 N–H and O–H groups in total. The molecule has 0 aromatic heterocycles. The van der Waals surface area contributed by atoms with Crippen molar-refractivity contribution in [2.24, 2.45) is 0 Å². The van der Waals surface area contributed by atoms with Crippen LogP contribution in [0.4, 0.5) is 8.78 Å². The molecule has 0 amide bonds. The van der Waals surface area contributed by atoms with Crippen LogP contribution in [-0.2, 0) is 9.53 Å². The van der Waals surface area contributed by atoms with Crippen molar-refractivity contribution in [2.45, 2.75) is 13.3 Å². The van der Waals surface area contributed by atoms with Gasteiger partial charge >= 0.3 is 5.97 Å². The highest BCUT2D eigenvalue weighted by atomic mass is 19.1. The number of carbonyl (C=O) groups is 2. The number of rotatable bonds is 4. The van der Waals surface area contributed by atoms with Gasteiger partial charge in [0.25, 0.3) is 0 Å². The van der Waals surface area contributed by atoms with Gasteiger partial charge in [-0.3, -0.25) is 9.59 Å². The predicted molar refractivity (Wildman–Crippen MR) is 53.6 cm³/mol. The third kappa shape index (κ3) is 3.24. The lowest BCUT2D eigenvalue weighted by atomic mass is 10.1. The summed E-state index contributed by atoms with van der Waals surface area (Å²) in [6.45, 7) is 1.65. The molecule has 0 aliphatic rings. The Balaban J connectivity index is 2.93. The predicted octanol–water partition coefficient (Wildman–Crippen LogP) is 1.81. The van der Waals surface area contributed by atoms with E-state index in [1.54, 1.807) is 6.92 Å². The number of hydrogen-bond acceptors (Lipinski definition) is 4. The number of phenols is 1. The van der Waals surface area contributed by atoms with Gasteiger partial charge in [0.1, 0.15) is 12.2 Å². The lowest BCUT2D eigenvalue weighted by Gasteiger charge is -2.05. The van der Waals surface area contributed by atoms with E-state index in [4.69, 9.17) is 0 Å². The third-order valence-corrected chi connectivity index (χ3v) is 1.94. The van der Waals surface area contributed by atoms with Crippen molar-refractivity contribution in [3.05, 3.63) is 29.3 Å². The van der Waals surface area contributed by atoms with Crippen molar-refractivity contribution in [3.63, 3.8) is 0 Å². The summed E-state index contributed by atoms with van der Waals surface area (Å²) >= 11 is 0. The van der Waals surface area contributed by atoms with E-state index in [9.17, 15) is 23.5 Å². The van der Waals surface area contributed by atoms with Crippen LogP contribution >= 0.6 is 0 Å². The van der Waals surface area contributed by atoms with E-state index < -0.39 is 41.1 Å². The summed E-state index contributed by atoms with van der Waals surface area (Å²) in [5.74, 6) is -4.95. The molecule has 0 saturated heterocycles. The van der Waals surface area contributed by atoms with Crippen molar-refractivity contribution in [3.8, 4) is 5.75 Å². The van der Waals surface area contributed by atoms with Gasteiger partial charge < -0.3 is 9.84 Å². The van der Waals surface area contributed by atoms with Crippen LogP contribution in [0.15, 0.2) is 12.1 Å². The average Bonchev–Trinajstić information content (AvgIpc) is 2.23. The van der Waals surface area contributed by atoms with Crippen LogP contribution < -0.4 is 0 Å². The number of carbonyl (C=O) groups excluding carboxylic acids is 2. The zero-order chi connectivity index (χ0) is 13.0. The van der Waals surface area contributed by atoms with E-state index in [1.807, 2.05) is 0 Å². The molecular weight excluding hydrogens is 234 g/mol. The molecule has 1 aromatic rings. The first-order valence-electron chi connectivity index (χ1n) is 4.82. The van der Waals surface area contributed by atoms with Gasteiger partial charge in [0, 0.05) is 6.07 Å². The largest absolute Gasteiger partial charge is 0.504 e. The van der Waals surface area contributed by atoms with Gasteiger partial charge in [-0.1, -0.05) is 0 Å². The van der Waals surface area contributed by atoms with Crippen molar-refractivity contribution in [1.29, 1.82) is 0 Å². The molecule has 0 heterocycles. The molecule has 0 fully saturated rings. The molecule has 0 aliphatic carbocycles. The molecule has 1 aromatic carbocycles. The Morgan fingerprint density at radius 3 is 2.59 bits per heavy atom. The summed E-state index contributed by atoms with van der Waals surface area (Å²) in [7, 11) is 0. The summed E-state index contributed by atoms with van der Waals surface area (Å²) < 4.78 is 30.3. The van der Waals surface area contributed by atoms with Crippen molar-refractivity contribution in [1.82, 2.24) is 0 Å². The van der Waals surface area contributed by atoms with Gasteiger partial charge in [0.15, 0.2) is 17.3 Å². The van der Waals surface area contributed by atoms with E-state index in [2.05, 4.69) is 4.74 Å². The normalized spacial score (nSPS) is 10.1. The highest BCUT2D eigenvalue weighted by molar-refractivity contribution is 6.07. The number of phenolic OH excluding ortho intramolecular Hbond substituents is 1. The molecular formula is C11H10F2O4. The Morgan fingerprint density at radius 1 is 1.35 bits per heavy atom. The van der Waals surface area contributed by atoms with Crippen molar-refractivity contribution in [2.75, 3.05) is 6.61 Å². The van der Waals surface area contributed by atoms with E-state index >= 15 is 0 Å². The second-order valence-corrected chi connectivity index (χ2v) is 3.19. The van der Waals surface area contributed by atoms with Gasteiger partial charge in [0.2, 0.25) is 0 Å². The lowest BCUT2D eigenvalue weighted by Crippen LogP contribution is -2.12. The first-order valence-corrected chi connectivity index (χ1v) is 4.82. The first kappa shape index (κ1) is 13.1. The Hall–Kier alpha value is -1.98. The molecule has 0 radical (unpaired) electrons. The van der Waals surface area contributed by atoms with E-state index in [0.29, 0.717) is 12.1 Å². The second-order valence-electron chi connectivity index (χ2n) is 3.19. The number of ketones is 1. The molecule has 0 atom stereocenters. The number of ether oxygens (including phenoxy) is 1. The third-order valence-electron chi connectivity index (χ3n) is 1.94. The Morgan fingerprint density at radius 2 is 2.00 bits per heavy atom. The Kier molecular flexibility index (Phi) is 4.14. The number of aromatic hydroxyl groups is 1. The fraction of sp³-hybridized carbons (Fsp3) is 0.273. The van der Waals surface area contributed by atoms with E-state index in [1.165, 1.54) is 0 Å². The zero-order valence-corrected chi connectivity index (χ0v) is 9.00. The van der Waals surface area contributed by atoms with E-state index in [-0.39, 0.29) is 6.61 Å². The fourth-order valence-corrected chi connectivity index (χ4v) is 1.22. The summed E-state index contributed by atoms with van der Waals surface area (Å²) in [6, 6.07) is 1.11. The smallest absolute Gasteiger partial charge is 0.313 e. The standard InChI is InChI=1S/C11H10F2O4/c1-2-17-10(15)5-9(14)7-3-6(12)4-8(13)11(7)16/h3-4,16H,2,5H2,1H3. The summed E-state index contributed by atoms with van der Waals surface area (Å²) in [5, 5.41) is 9.22. The molecule has 6 heteroatoms. The molecule has 0 aliphatic heterocycles. The maximum Gasteiger partial charge on any atom is 0.313 e. The van der Waals surface area contributed by atoms with Gasteiger partial charge in [0.05, 0.1) is 12.2 Å². The molecule has 17 heavy (non-hydrogen) atoms. The molecule has 1 rings (SSSR count). The topological polar surface area (TPSA) is 63.6 Å². The molecule has 0 spiro atoms. The fourth-order valence-electron chi connectivity index (χ4n) is 1.22. The minimum Gasteiger partial charge on any atom is -0.504 e. The molecule has 0 saturated carbocycles. The quantitative estimate of drug-likeness (QED) is 0.498. The summed E-state index contributed by atoms with van der Waals surface area (Å²) in [6.07, 6.45) is -0.676. The SMILES string of the molecule is CCOC(=O)CC(=O)c1cc(F)cc(F)c1O. The number of halogens is 2. The van der Waals surface area contributed by atoms with Gasteiger partial charge in [-0.05, 0) is 13.0 Å². The second kappa shape index (κ2) is 5.38.